The van der Waals surface area contributed by atoms with Crippen LogP contribution in [0.25, 0.3) is 10.9 Å². The van der Waals surface area contributed by atoms with Gasteiger partial charge in [0.15, 0.2) is 0 Å². The molecule has 2 rings (SSSR count). The van der Waals surface area contributed by atoms with Gasteiger partial charge in [-0.15, -0.1) is 0 Å². The third-order valence-electron chi connectivity index (χ3n) is 2.81. The summed E-state index contributed by atoms with van der Waals surface area (Å²) in [6, 6.07) is 4.27. The van der Waals surface area contributed by atoms with Crippen LogP contribution in [0.15, 0.2) is 18.3 Å². The predicted molar refractivity (Wildman–Crippen MR) is 61.5 cm³/mol. The first-order valence-electron chi connectivity index (χ1n) is 5.15. The first-order chi connectivity index (χ1) is 6.77. The summed E-state index contributed by atoms with van der Waals surface area (Å²) in [6.07, 6.45) is 4.00. The molecule has 0 aliphatic rings. The molecule has 0 saturated heterocycles. The van der Waals surface area contributed by atoms with Crippen molar-refractivity contribution in [1.82, 2.24) is 4.98 Å². The normalized spacial score (nSPS) is 11.0. The zero-order valence-corrected chi connectivity index (χ0v) is 8.72. The molecule has 1 aromatic heterocycles. The zero-order chi connectivity index (χ0) is 10.1. The molecule has 0 spiro atoms. The Labute approximate surface area is 84.1 Å². The number of nitrogens with one attached hydrogen (secondary N) is 1. The first kappa shape index (κ1) is 9.13. The van der Waals surface area contributed by atoms with Crippen LogP contribution in [0.3, 0.4) is 0 Å². The van der Waals surface area contributed by atoms with Gasteiger partial charge in [0.2, 0.25) is 0 Å². The van der Waals surface area contributed by atoms with E-state index >= 15 is 0 Å². The van der Waals surface area contributed by atoms with Crippen molar-refractivity contribution in [3.8, 4) is 0 Å². The highest BCUT2D eigenvalue weighted by Gasteiger charge is 2.07. The lowest BCUT2D eigenvalue weighted by Crippen LogP contribution is -1.96. The van der Waals surface area contributed by atoms with Gasteiger partial charge < -0.3 is 10.7 Å². The maximum absolute atomic E-state index is 6.08. The van der Waals surface area contributed by atoms with Crippen LogP contribution < -0.4 is 5.73 Å². The molecule has 14 heavy (non-hydrogen) atoms. The van der Waals surface area contributed by atoms with Crippen molar-refractivity contribution in [3.05, 3.63) is 29.5 Å². The van der Waals surface area contributed by atoms with Crippen LogP contribution in [0.5, 0.6) is 0 Å². The lowest BCUT2D eigenvalue weighted by atomic mass is 10.0. The maximum atomic E-state index is 6.08. The summed E-state index contributed by atoms with van der Waals surface area (Å²) in [7, 11) is 0. The molecule has 0 saturated carbocycles. The fourth-order valence-electron chi connectivity index (χ4n) is 1.96. The molecular weight excluding hydrogens is 172 g/mol. The van der Waals surface area contributed by atoms with Crippen molar-refractivity contribution in [2.45, 2.75) is 26.7 Å². The van der Waals surface area contributed by atoms with Crippen molar-refractivity contribution >= 4 is 16.6 Å². The van der Waals surface area contributed by atoms with E-state index in [1.165, 1.54) is 22.0 Å². The number of anilines is 1. The Morgan fingerprint density at radius 3 is 2.57 bits per heavy atom. The number of rotatable bonds is 2. The summed E-state index contributed by atoms with van der Waals surface area (Å²) in [5.74, 6) is 0. The minimum atomic E-state index is 0.931. The Morgan fingerprint density at radius 1 is 1.21 bits per heavy atom. The monoisotopic (exact) mass is 188 g/mol. The molecule has 2 nitrogen and oxygen atoms in total. The van der Waals surface area contributed by atoms with Gasteiger partial charge >= 0.3 is 0 Å². The average Bonchev–Trinajstić information content (AvgIpc) is 2.68. The summed E-state index contributed by atoms with van der Waals surface area (Å²) in [4.78, 5) is 3.25. The zero-order valence-electron chi connectivity index (χ0n) is 8.72. The van der Waals surface area contributed by atoms with Crippen molar-refractivity contribution in [3.63, 3.8) is 0 Å². The molecule has 2 heteroatoms. The molecule has 0 atom stereocenters. The number of nitrogens with two attached hydrogens (primary N) is 1. The standard InChI is InChI=1S/C12H16N2/c1-3-8-7-9(4-2)12-10(11(8)13)5-6-14-12/h5-7,14H,3-4,13H2,1-2H3. The highest BCUT2D eigenvalue weighted by atomic mass is 14.7. The molecular formula is C12H16N2. The van der Waals surface area contributed by atoms with Crippen LogP contribution in [-0.4, -0.2) is 4.98 Å². The highest BCUT2D eigenvalue weighted by molar-refractivity contribution is 5.94. The van der Waals surface area contributed by atoms with Crippen molar-refractivity contribution in [1.29, 1.82) is 0 Å². The maximum Gasteiger partial charge on any atom is 0.0507 e. The minimum absolute atomic E-state index is 0.931. The molecule has 0 fully saturated rings. The lowest BCUT2D eigenvalue weighted by molar-refractivity contribution is 1.10. The van der Waals surface area contributed by atoms with E-state index in [-0.39, 0.29) is 0 Å². The van der Waals surface area contributed by atoms with Crippen LogP contribution in [-0.2, 0) is 12.8 Å². The summed E-state index contributed by atoms with van der Waals surface area (Å²) in [6.45, 7) is 4.31. The Kier molecular flexibility index (Phi) is 2.20. The highest BCUT2D eigenvalue weighted by Crippen LogP contribution is 2.28. The number of fused-ring (bicyclic) bond motifs is 1. The second-order valence-corrected chi connectivity index (χ2v) is 3.58. The first-order valence-corrected chi connectivity index (χ1v) is 5.15. The number of aromatic amines is 1. The summed E-state index contributed by atoms with van der Waals surface area (Å²) >= 11 is 0. The minimum Gasteiger partial charge on any atom is -0.398 e. The van der Waals surface area contributed by atoms with Gasteiger partial charge in [-0.2, -0.15) is 0 Å². The molecule has 1 heterocycles. The van der Waals surface area contributed by atoms with Gasteiger partial charge in [-0.05, 0) is 30.0 Å². The Hall–Kier alpha value is -1.44. The summed E-state index contributed by atoms with van der Waals surface area (Å²) in [5, 5.41) is 1.17. The summed E-state index contributed by atoms with van der Waals surface area (Å²) < 4.78 is 0. The number of nitrogen functional groups attached to an aromatic ring is 1. The predicted octanol–water partition coefficient (Wildman–Crippen LogP) is 2.87. The van der Waals surface area contributed by atoms with Crippen LogP contribution in [0.4, 0.5) is 5.69 Å². The van der Waals surface area contributed by atoms with Crippen molar-refractivity contribution in [2.24, 2.45) is 0 Å². The van der Waals surface area contributed by atoms with E-state index < -0.39 is 0 Å². The Balaban J connectivity index is 2.80. The van der Waals surface area contributed by atoms with Crippen LogP contribution in [0, 0.1) is 0 Å². The molecule has 2 aromatic rings. The summed E-state index contributed by atoms with van der Waals surface area (Å²) in [5.41, 5.74) is 10.8. The quantitative estimate of drug-likeness (QED) is 0.699. The Bertz CT molecular complexity index is 455. The fourth-order valence-corrected chi connectivity index (χ4v) is 1.96. The van der Waals surface area contributed by atoms with Gasteiger partial charge in [-0.25, -0.2) is 0 Å². The topological polar surface area (TPSA) is 41.8 Å². The van der Waals surface area contributed by atoms with E-state index in [0.29, 0.717) is 0 Å². The number of aryl methyl sites for hydroxylation is 2. The van der Waals surface area contributed by atoms with Crippen LogP contribution >= 0.6 is 0 Å². The molecule has 0 radical (unpaired) electrons. The van der Waals surface area contributed by atoms with Gasteiger partial charge in [0, 0.05) is 17.3 Å². The third kappa shape index (κ3) is 1.18. The molecule has 0 aliphatic heterocycles. The van der Waals surface area contributed by atoms with Gasteiger partial charge in [0.25, 0.3) is 0 Å². The molecule has 0 bridgehead atoms. The second kappa shape index (κ2) is 3.37. The van der Waals surface area contributed by atoms with Gasteiger partial charge in [0.05, 0.1) is 5.52 Å². The van der Waals surface area contributed by atoms with Crippen molar-refractivity contribution < 1.29 is 0 Å². The molecule has 1 aromatic carbocycles. The Morgan fingerprint density at radius 2 is 1.93 bits per heavy atom. The van der Waals surface area contributed by atoms with Gasteiger partial charge in [-0.3, -0.25) is 0 Å². The van der Waals surface area contributed by atoms with E-state index in [4.69, 9.17) is 5.73 Å². The molecule has 0 unspecified atom stereocenters. The molecule has 3 N–H and O–H groups in total. The lowest BCUT2D eigenvalue weighted by Gasteiger charge is -2.08. The van der Waals surface area contributed by atoms with Gasteiger partial charge in [0.1, 0.15) is 0 Å². The smallest absolute Gasteiger partial charge is 0.0507 e. The number of aromatic nitrogens is 1. The van der Waals surface area contributed by atoms with Gasteiger partial charge in [-0.1, -0.05) is 19.9 Å². The number of hydrogen-bond acceptors (Lipinski definition) is 1. The van der Waals surface area contributed by atoms with E-state index in [0.717, 1.165) is 18.5 Å². The fraction of sp³-hybridized carbons (Fsp3) is 0.333. The SMILES string of the molecule is CCc1cc(CC)c2[nH]ccc2c1N. The molecule has 74 valence electrons. The number of H-pyrrole nitrogens is 1. The van der Waals surface area contributed by atoms with E-state index in [1.807, 2.05) is 6.20 Å². The number of hydrogen-bond donors (Lipinski definition) is 2. The average molecular weight is 188 g/mol. The van der Waals surface area contributed by atoms with E-state index in [2.05, 4.69) is 31.0 Å². The van der Waals surface area contributed by atoms with Crippen LogP contribution in [0.1, 0.15) is 25.0 Å². The van der Waals surface area contributed by atoms with E-state index in [9.17, 15) is 0 Å². The van der Waals surface area contributed by atoms with Crippen molar-refractivity contribution in [2.75, 3.05) is 5.73 Å². The third-order valence-corrected chi connectivity index (χ3v) is 2.81. The molecule has 0 aliphatic carbocycles. The van der Waals surface area contributed by atoms with E-state index in [1.54, 1.807) is 0 Å². The molecule has 0 amide bonds. The largest absolute Gasteiger partial charge is 0.398 e. The second-order valence-electron chi connectivity index (χ2n) is 3.58. The number of benzene rings is 1. The van der Waals surface area contributed by atoms with Crippen LogP contribution in [0.2, 0.25) is 0 Å².